The molecule has 0 saturated heterocycles. The highest BCUT2D eigenvalue weighted by atomic mass is 19.1. The second kappa shape index (κ2) is 6.90. The first-order valence-electron chi connectivity index (χ1n) is 7.29. The van der Waals surface area contributed by atoms with Gasteiger partial charge in [-0.25, -0.2) is 4.39 Å². The zero-order chi connectivity index (χ0) is 13.7. The van der Waals surface area contributed by atoms with Gasteiger partial charge >= 0.3 is 0 Å². The Labute approximate surface area is 115 Å². The number of hydrogen-bond donors (Lipinski definition) is 1. The van der Waals surface area contributed by atoms with Gasteiger partial charge < -0.3 is 10.1 Å². The Kier molecular flexibility index (Phi) is 5.20. The van der Waals surface area contributed by atoms with Crippen molar-refractivity contribution in [3.05, 3.63) is 29.6 Å². The monoisotopic (exact) mass is 265 g/mol. The molecule has 1 fully saturated rings. The Bertz CT molecular complexity index is 408. The highest BCUT2D eigenvalue weighted by Gasteiger charge is 2.25. The number of halogens is 1. The van der Waals surface area contributed by atoms with Crippen molar-refractivity contribution in [1.29, 1.82) is 0 Å². The molecular weight excluding hydrogens is 241 g/mol. The Morgan fingerprint density at radius 1 is 1.37 bits per heavy atom. The fraction of sp³-hybridized carbons (Fsp3) is 0.625. The van der Waals surface area contributed by atoms with Crippen LogP contribution in [0.2, 0.25) is 0 Å². The van der Waals surface area contributed by atoms with Crippen LogP contribution in [0, 0.1) is 11.7 Å². The first-order chi connectivity index (χ1) is 9.24. The van der Waals surface area contributed by atoms with Crippen LogP contribution >= 0.6 is 0 Å². The average Bonchev–Trinajstić information content (AvgIpc) is 2.86. The van der Waals surface area contributed by atoms with Gasteiger partial charge in [0.05, 0.1) is 7.11 Å². The van der Waals surface area contributed by atoms with Gasteiger partial charge in [0, 0.05) is 6.04 Å². The van der Waals surface area contributed by atoms with Crippen LogP contribution < -0.4 is 10.1 Å². The second-order valence-corrected chi connectivity index (χ2v) is 5.47. The third-order valence-corrected chi connectivity index (χ3v) is 4.00. The topological polar surface area (TPSA) is 21.3 Å². The summed E-state index contributed by atoms with van der Waals surface area (Å²) in [5.74, 6) is 0.766. The molecule has 19 heavy (non-hydrogen) atoms. The van der Waals surface area contributed by atoms with Crippen LogP contribution in [-0.4, -0.2) is 19.7 Å². The lowest BCUT2D eigenvalue weighted by Gasteiger charge is -2.14. The SMILES string of the molecule is CCCNC1CCC(Cc2cccc(OC)c2F)C1. The lowest BCUT2D eigenvalue weighted by atomic mass is 9.97. The quantitative estimate of drug-likeness (QED) is 0.849. The van der Waals surface area contributed by atoms with E-state index in [0.29, 0.717) is 17.7 Å². The van der Waals surface area contributed by atoms with Gasteiger partial charge in [0.1, 0.15) is 0 Å². The van der Waals surface area contributed by atoms with Crippen LogP contribution in [0.1, 0.15) is 38.2 Å². The number of nitrogens with one attached hydrogen (secondary N) is 1. The molecule has 2 atom stereocenters. The third-order valence-electron chi connectivity index (χ3n) is 4.00. The molecule has 1 aromatic rings. The molecule has 0 heterocycles. The van der Waals surface area contributed by atoms with Crippen LogP contribution in [0.15, 0.2) is 18.2 Å². The van der Waals surface area contributed by atoms with Gasteiger partial charge in [-0.1, -0.05) is 19.1 Å². The first-order valence-corrected chi connectivity index (χ1v) is 7.29. The standard InChI is InChI=1S/C16H24FNO/c1-3-9-18-14-8-7-12(11-14)10-13-5-4-6-15(19-2)16(13)17/h4-6,12,14,18H,3,7-11H2,1-2H3. The fourth-order valence-electron chi connectivity index (χ4n) is 2.98. The average molecular weight is 265 g/mol. The molecule has 2 unspecified atom stereocenters. The Balaban J connectivity index is 1.92. The van der Waals surface area contributed by atoms with Crippen molar-refractivity contribution in [3.63, 3.8) is 0 Å². The highest BCUT2D eigenvalue weighted by molar-refractivity contribution is 5.31. The van der Waals surface area contributed by atoms with Crippen molar-refractivity contribution in [3.8, 4) is 5.75 Å². The van der Waals surface area contributed by atoms with Gasteiger partial charge in [-0.15, -0.1) is 0 Å². The normalized spacial score (nSPS) is 22.7. The van der Waals surface area contributed by atoms with Crippen LogP contribution in [0.5, 0.6) is 5.75 Å². The van der Waals surface area contributed by atoms with E-state index in [0.717, 1.165) is 24.9 Å². The van der Waals surface area contributed by atoms with Gasteiger partial charge in [0.15, 0.2) is 11.6 Å². The van der Waals surface area contributed by atoms with E-state index in [9.17, 15) is 4.39 Å². The van der Waals surface area contributed by atoms with Gasteiger partial charge in [0.2, 0.25) is 0 Å². The van der Waals surface area contributed by atoms with E-state index in [1.54, 1.807) is 6.07 Å². The Morgan fingerprint density at radius 3 is 2.95 bits per heavy atom. The van der Waals surface area contributed by atoms with E-state index >= 15 is 0 Å². The van der Waals surface area contributed by atoms with Crippen LogP contribution in [0.3, 0.4) is 0 Å². The molecule has 0 aromatic heterocycles. The third kappa shape index (κ3) is 3.69. The van der Waals surface area contributed by atoms with Crippen molar-refractivity contribution in [1.82, 2.24) is 5.32 Å². The van der Waals surface area contributed by atoms with Crippen molar-refractivity contribution in [2.45, 2.75) is 45.1 Å². The van der Waals surface area contributed by atoms with Gasteiger partial charge in [0.25, 0.3) is 0 Å². The maximum absolute atomic E-state index is 14.1. The molecule has 1 N–H and O–H groups in total. The number of benzene rings is 1. The zero-order valence-electron chi connectivity index (χ0n) is 11.9. The molecule has 0 spiro atoms. The predicted molar refractivity (Wildman–Crippen MR) is 76.1 cm³/mol. The molecule has 0 aliphatic heterocycles. The summed E-state index contributed by atoms with van der Waals surface area (Å²) in [6.45, 7) is 3.27. The number of ether oxygens (including phenoxy) is 1. The molecule has 1 aromatic carbocycles. The maximum atomic E-state index is 14.1. The highest BCUT2D eigenvalue weighted by Crippen LogP contribution is 2.31. The molecule has 0 radical (unpaired) electrons. The zero-order valence-corrected chi connectivity index (χ0v) is 11.9. The summed E-state index contributed by atoms with van der Waals surface area (Å²) in [4.78, 5) is 0. The van der Waals surface area contributed by atoms with Crippen molar-refractivity contribution >= 4 is 0 Å². The van der Waals surface area contributed by atoms with E-state index in [1.807, 2.05) is 12.1 Å². The Hall–Kier alpha value is -1.09. The summed E-state index contributed by atoms with van der Waals surface area (Å²) in [5.41, 5.74) is 0.792. The Morgan fingerprint density at radius 2 is 2.21 bits per heavy atom. The molecule has 1 aliphatic rings. The van der Waals surface area contributed by atoms with E-state index in [-0.39, 0.29) is 5.82 Å². The minimum absolute atomic E-state index is 0.185. The summed E-state index contributed by atoms with van der Waals surface area (Å²) in [6.07, 6.45) is 5.57. The van der Waals surface area contributed by atoms with Crippen molar-refractivity contribution < 1.29 is 9.13 Å². The van der Waals surface area contributed by atoms with Crippen molar-refractivity contribution in [2.24, 2.45) is 5.92 Å². The summed E-state index contributed by atoms with van der Waals surface area (Å²) in [6, 6.07) is 6.06. The summed E-state index contributed by atoms with van der Waals surface area (Å²) >= 11 is 0. The van der Waals surface area contributed by atoms with E-state index < -0.39 is 0 Å². The van der Waals surface area contributed by atoms with E-state index in [4.69, 9.17) is 4.74 Å². The minimum atomic E-state index is -0.185. The molecule has 1 saturated carbocycles. The van der Waals surface area contributed by atoms with E-state index in [2.05, 4.69) is 12.2 Å². The molecular formula is C16H24FNO. The van der Waals surface area contributed by atoms with Crippen LogP contribution in [0.25, 0.3) is 0 Å². The van der Waals surface area contributed by atoms with Crippen molar-refractivity contribution in [2.75, 3.05) is 13.7 Å². The summed E-state index contributed by atoms with van der Waals surface area (Å²) < 4.78 is 19.1. The minimum Gasteiger partial charge on any atom is -0.494 e. The lowest BCUT2D eigenvalue weighted by molar-refractivity contribution is 0.381. The summed E-state index contributed by atoms with van der Waals surface area (Å²) in [7, 11) is 1.52. The lowest BCUT2D eigenvalue weighted by Crippen LogP contribution is -2.27. The van der Waals surface area contributed by atoms with Gasteiger partial charge in [-0.2, -0.15) is 0 Å². The number of rotatable bonds is 6. The first kappa shape index (κ1) is 14.3. The second-order valence-electron chi connectivity index (χ2n) is 5.47. The van der Waals surface area contributed by atoms with Crippen LogP contribution in [-0.2, 0) is 6.42 Å². The molecule has 1 aliphatic carbocycles. The molecule has 0 amide bonds. The van der Waals surface area contributed by atoms with E-state index in [1.165, 1.54) is 26.4 Å². The smallest absolute Gasteiger partial charge is 0.168 e. The van der Waals surface area contributed by atoms with Crippen LogP contribution in [0.4, 0.5) is 4.39 Å². The number of methoxy groups -OCH3 is 1. The predicted octanol–water partition coefficient (Wildman–Crippen LogP) is 3.55. The van der Waals surface area contributed by atoms with Gasteiger partial charge in [-0.05, 0) is 56.2 Å². The molecule has 2 nitrogen and oxygen atoms in total. The number of hydrogen-bond acceptors (Lipinski definition) is 2. The molecule has 0 bridgehead atoms. The maximum Gasteiger partial charge on any atom is 0.168 e. The largest absolute Gasteiger partial charge is 0.494 e. The van der Waals surface area contributed by atoms with Gasteiger partial charge in [-0.3, -0.25) is 0 Å². The fourth-order valence-corrected chi connectivity index (χ4v) is 2.98. The molecule has 3 heteroatoms. The summed E-state index contributed by atoms with van der Waals surface area (Å²) in [5, 5.41) is 3.57. The molecule has 106 valence electrons. The molecule has 2 rings (SSSR count).